The molecule has 4 nitrogen and oxygen atoms in total. The van der Waals surface area contributed by atoms with E-state index in [0.717, 1.165) is 17.8 Å². The van der Waals surface area contributed by atoms with Gasteiger partial charge in [0.15, 0.2) is 5.12 Å². The summed E-state index contributed by atoms with van der Waals surface area (Å²) in [6, 6.07) is 5.46. The second-order valence-corrected chi connectivity index (χ2v) is 4.83. The third-order valence-electron chi connectivity index (χ3n) is 2.30. The molecule has 0 bridgehead atoms. The van der Waals surface area contributed by atoms with E-state index in [1.807, 2.05) is 0 Å². The van der Waals surface area contributed by atoms with Gasteiger partial charge in [-0.1, -0.05) is 23.9 Å². The third kappa shape index (κ3) is 3.53. The van der Waals surface area contributed by atoms with Crippen molar-refractivity contribution >= 4 is 16.9 Å². The zero-order chi connectivity index (χ0) is 13.7. The lowest BCUT2D eigenvalue weighted by molar-refractivity contribution is -0.109. The fourth-order valence-electron chi connectivity index (χ4n) is 1.41. The Morgan fingerprint density at radius 1 is 1.56 bits per heavy atom. The zero-order valence-electron chi connectivity index (χ0n) is 9.63. The van der Waals surface area contributed by atoms with Crippen LogP contribution in [0.25, 0.3) is 0 Å². The van der Waals surface area contributed by atoms with Crippen molar-refractivity contribution in [3.8, 4) is 6.07 Å². The van der Waals surface area contributed by atoms with Crippen LogP contribution in [0.5, 0.6) is 0 Å². The molecule has 1 aromatic rings. The van der Waals surface area contributed by atoms with E-state index in [9.17, 15) is 19.4 Å². The Kier molecular flexibility index (Phi) is 5.28. The van der Waals surface area contributed by atoms with E-state index in [2.05, 4.69) is 0 Å². The van der Waals surface area contributed by atoms with Crippen LogP contribution in [0.1, 0.15) is 24.2 Å². The van der Waals surface area contributed by atoms with Gasteiger partial charge < -0.3 is 10.2 Å². The first-order valence-corrected chi connectivity index (χ1v) is 6.14. The predicted molar refractivity (Wildman–Crippen MR) is 65.2 cm³/mol. The number of aliphatic hydroxyl groups excluding tert-OH is 2. The van der Waals surface area contributed by atoms with Crippen molar-refractivity contribution in [2.75, 3.05) is 5.75 Å². The minimum atomic E-state index is -1.40. The minimum absolute atomic E-state index is 0.0160. The fourth-order valence-corrected chi connectivity index (χ4v) is 1.99. The maximum Gasteiger partial charge on any atom is 0.185 e. The maximum atomic E-state index is 13.3. The second-order valence-electron chi connectivity index (χ2n) is 3.63. The van der Waals surface area contributed by atoms with Crippen molar-refractivity contribution < 1.29 is 19.4 Å². The van der Waals surface area contributed by atoms with Gasteiger partial charge in [0, 0.05) is 18.2 Å². The Bertz CT molecular complexity index is 487. The molecule has 0 heterocycles. The number of nitriles is 1. The molecule has 0 radical (unpaired) electrons. The average molecular weight is 269 g/mol. The molecular weight excluding hydrogens is 257 g/mol. The molecule has 0 aromatic heterocycles. The number of carbonyl (C=O) groups is 1. The van der Waals surface area contributed by atoms with E-state index in [1.54, 1.807) is 6.07 Å². The van der Waals surface area contributed by atoms with E-state index < -0.39 is 18.0 Å². The number of carbonyl (C=O) groups excluding carboxylic acids is 1. The van der Waals surface area contributed by atoms with Gasteiger partial charge in [-0.05, 0) is 6.07 Å². The van der Waals surface area contributed by atoms with Crippen LogP contribution in [0, 0.1) is 17.1 Å². The average Bonchev–Trinajstić information content (AvgIpc) is 2.34. The number of thioether (sulfide) groups is 1. The van der Waals surface area contributed by atoms with Crippen molar-refractivity contribution in [3.05, 3.63) is 35.1 Å². The molecule has 0 amide bonds. The van der Waals surface area contributed by atoms with Crippen LogP contribution in [-0.4, -0.2) is 27.2 Å². The molecule has 0 fully saturated rings. The number of aliphatic hydroxyl groups is 2. The number of nitrogens with zero attached hydrogens (tertiary/aromatic N) is 1. The van der Waals surface area contributed by atoms with Gasteiger partial charge in [0.25, 0.3) is 0 Å². The summed E-state index contributed by atoms with van der Waals surface area (Å²) in [5.74, 6) is -0.766. The lowest BCUT2D eigenvalue weighted by Gasteiger charge is -2.18. The van der Waals surface area contributed by atoms with Crippen LogP contribution in [0.3, 0.4) is 0 Å². The first-order chi connectivity index (χ1) is 8.47. The Hall–Kier alpha value is -1.42. The normalized spacial score (nSPS) is 13.7. The van der Waals surface area contributed by atoms with E-state index in [0.29, 0.717) is 0 Å². The minimum Gasteiger partial charge on any atom is -0.389 e. The molecule has 18 heavy (non-hydrogen) atoms. The largest absolute Gasteiger partial charge is 0.389 e. The van der Waals surface area contributed by atoms with Gasteiger partial charge in [0.05, 0.1) is 11.7 Å². The molecule has 1 rings (SSSR count). The Labute approximate surface area is 108 Å². The summed E-state index contributed by atoms with van der Waals surface area (Å²) < 4.78 is 13.3. The van der Waals surface area contributed by atoms with Crippen molar-refractivity contribution in [1.29, 1.82) is 5.26 Å². The zero-order valence-corrected chi connectivity index (χ0v) is 10.4. The molecular formula is C12H12FNO3S. The first-order valence-electron chi connectivity index (χ1n) is 5.15. The number of halogens is 1. The number of hydrogen-bond donors (Lipinski definition) is 2. The van der Waals surface area contributed by atoms with Crippen LogP contribution in [0.4, 0.5) is 4.39 Å². The molecule has 0 aliphatic rings. The molecule has 2 unspecified atom stereocenters. The van der Waals surface area contributed by atoms with Crippen molar-refractivity contribution in [3.63, 3.8) is 0 Å². The lowest BCUT2D eigenvalue weighted by atomic mass is 9.99. The molecule has 1 aromatic carbocycles. The summed E-state index contributed by atoms with van der Waals surface area (Å²) in [4.78, 5) is 10.7. The molecule has 2 N–H and O–H groups in total. The highest BCUT2D eigenvalue weighted by atomic mass is 32.2. The third-order valence-corrected chi connectivity index (χ3v) is 3.21. The SMILES string of the molecule is CC(=O)SCC(O)C(O)c1cccc(F)c1C#N. The standard InChI is InChI=1S/C12H12FNO3S/c1-7(15)18-6-11(16)12(17)8-3-2-4-10(13)9(8)5-14/h2-4,11-12,16-17H,6H2,1H3. The Balaban J connectivity index is 2.90. The molecule has 0 spiro atoms. The summed E-state index contributed by atoms with van der Waals surface area (Å²) in [7, 11) is 0. The van der Waals surface area contributed by atoms with Gasteiger partial charge in [0.1, 0.15) is 18.0 Å². The topological polar surface area (TPSA) is 81.3 Å². The molecule has 0 aliphatic heterocycles. The molecule has 96 valence electrons. The maximum absolute atomic E-state index is 13.3. The van der Waals surface area contributed by atoms with Gasteiger partial charge in [-0.25, -0.2) is 4.39 Å². The first kappa shape index (κ1) is 14.6. The van der Waals surface area contributed by atoms with Gasteiger partial charge in [-0.3, -0.25) is 4.79 Å². The summed E-state index contributed by atoms with van der Waals surface area (Å²) in [6.07, 6.45) is -2.64. The number of rotatable bonds is 4. The van der Waals surface area contributed by atoms with Crippen molar-refractivity contribution in [2.45, 2.75) is 19.1 Å². The van der Waals surface area contributed by atoms with Crippen LogP contribution >= 0.6 is 11.8 Å². The summed E-state index contributed by atoms with van der Waals surface area (Å²) in [5.41, 5.74) is -0.272. The van der Waals surface area contributed by atoms with Gasteiger partial charge in [0.2, 0.25) is 0 Å². The molecule has 0 aliphatic carbocycles. The lowest BCUT2D eigenvalue weighted by Crippen LogP contribution is -2.22. The van der Waals surface area contributed by atoms with E-state index >= 15 is 0 Å². The highest BCUT2D eigenvalue weighted by Gasteiger charge is 2.23. The van der Waals surface area contributed by atoms with Gasteiger partial charge in [-0.2, -0.15) is 5.26 Å². The molecule has 2 atom stereocenters. The van der Waals surface area contributed by atoms with Crippen LogP contribution < -0.4 is 0 Å². The van der Waals surface area contributed by atoms with Crippen LogP contribution in [0.2, 0.25) is 0 Å². The molecule has 0 saturated carbocycles. The predicted octanol–water partition coefficient (Wildman–Crippen LogP) is 1.37. The highest BCUT2D eigenvalue weighted by molar-refractivity contribution is 8.13. The summed E-state index contributed by atoms with van der Waals surface area (Å²) in [5, 5.41) is 28.1. The van der Waals surface area contributed by atoms with Gasteiger partial charge in [-0.15, -0.1) is 0 Å². The van der Waals surface area contributed by atoms with Crippen molar-refractivity contribution in [2.24, 2.45) is 0 Å². The molecule has 6 heteroatoms. The number of benzene rings is 1. The monoisotopic (exact) mass is 269 g/mol. The smallest absolute Gasteiger partial charge is 0.185 e. The van der Waals surface area contributed by atoms with E-state index in [-0.39, 0.29) is 22.0 Å². The number of hydrogen-bond acceptors (Lipinski definition) is 5. The molecule has 0 saturated heterocycles. The second kappa shape index (κ2) is 6.50. The van der Waals surface area contributed by atoms with E-state index in [4.69, 9.17) is 5.26 Å². The Morgan fingerprint density at radius 3 is 2.78 bits per heavy atom. The Morgan fingerprint density at radius 2 is 2.22 bits per heavy atom. The van der Waals surface area contributed by atoms with Crippen LogP contribution in [-0.2, 0) is 4.79 Å². The quantitative estimate of drug-likeness (QED) is 0.862. The fraction of sp³-hybridized carbons (Fsp3) is 0.333. The highest BCUT2D eigenvalue weighted by Crippen LogP contribution is 2.24. The van der Waals surface area contributed by atoms with E-state index in [1.165, 1.54) is 19.1 Å². The van der Waals surface area contributed by atoms with Crippen LogP contribution in [0.15, 0.2) is 18.2 Å². The summed E-state index contributed by atoms with van der Waals surface area (Å²) in [6.45, 7) is 1.34. The van der Waals surface area contributed by atoms with Crippen molar-refractivity contribution in [1.82, 2.24) is 0 Å². The van der Waals surface area contributed by atoms with Gasteiger partial charge >= 0.3 is 0 Å². The summed E-state index contributed by atoms with van der Waals surface area (Å²) >= 11 is 0.854.